The van der Waals surface area contributed by atoms with Gasteiger partial charge < -0.3 is 24.7 Å². The van der Waals surface area contributed by atoms with Crippen LogP contribution in [0.2, 0.25) is 5.02 Å². The first-order valence-electron chi connectivity index (χ1n) is 11.0. The summed E-state index contributed by atoms with van der Waals surface area (Å²) in [6.45, 7) is 4.73. The summed E-state index contributed by atoms with van der Waals surface area (Å²) in [5.74, 6) is 0.754. The molecule has 1 atom stereocenters. The quantitative estimate of drug-likeness (QED) is 0.340. The minimum Gasteiger partial charge on any atom is -0.490 e. The second-order valence-electron chi connectivity index (χ2n) is 7.60. The Morgan fingerprint density at radius 2 is 1.83 bits per heavy atom. The second-order valence-corrected chi connectivity index (χ2v) is 8.03. The number of allylic oxidation sites excluding steroid dienone is 1. The molecule has 0 fully saturated rings. The molecule has 0 aliphatic carbocycles. The van der Waals surface area contributed by atoms with Crippen LogP contribution in [0.1, 0.15) is 41.3 Å². The standard InChI is InChI=1S/C27H23ClN2O5/c1-3-32-22-11-8-16(13-24(22)33-4-2)25-20-10-9-19(14-23(20)35-26(30)21(25)15-29)34-27(31)17-6-5-7-18(28)12-17/h5-14,25H,3-4,30H2,1-2H3. The maximum Gasteiger partial charge on any atom is 0.343 e. The van der Waals surface area contributed by atoms with E-state index in [0.29, 0.717) is 46.6 Å². The van der Waals surface area contributed by atoms with Gasteiger partial charge in [0.05, 0.1) is 24.7 Å². The fraction of sp³-hybridized carbons (Fsp3) is 0.185. The number of rotatable bonds is 7. The number of ether oxygens (including phenoxy) is 4. The number of nitrogens with zero attached hydrogens (tertiary/aromatic N) is 1. The normalized spacial score (nSPS) is 14.4. The number of carbonyl (C=O) groups is 1. The molecule has 7 nitrogen and oxygen atoms in total. The maximum atomic E-state index is 12.5. The number of esters is 1. The molecule has 1 unspecified atom stereocenters. The van der Waals surface area contributed by atoms with Crippen molar-refractivity contribution in [2.75, 3.05) is 13.2 Å². The summed E-state index contributed by atoms with van der Waals surface area (Å²) < 4.78 is 22.7. The summed E-state index contributed by atoms with van der Waals surface area (Å²) in [4.78, 5) is 12.5. The number of nitriles is 1. The Morgan fingerprint density at radius 3 is 2.54 bits per heavy atom. The molecule has 0 amide bonds. The van der Waals surface area contributed by atoms with Gasteiger partial charge in [-0.1, -0.05) is 29.8 Å². The Balaban J connectivity index is 1.71. The smallest absolute Gasteiger partial charge is 0.343 e. The molecule has 3 aromatic carbocycles. The lowest BCUT2D eigenvalue weighted by Crippen LogP contribution is -2.21. The Bertz CT molecular complexity index is 1350. The van der Waals surface area contributed by atoms with Crippen LogP contribution in [0.5, 0.6) is 23.0 Å². The van der Waals surface area contributed by atoms with E-state index in [2.05, 4.69) is 6.07 Å². The van der Waals surface area contributed by atoms with Gasteiger partial charge in [0, 0.05) is 16.7 Å². The number of halogens is 1. The molecule has 0 aromatic heterocycles. The fourth-order valence-corrected chi connectivity index (χ4v) is 4.06. The summed E-state index contributed by atoms with van der Waals surface area (Å²) in [6.07, 6.45) is 0. The zero-order valence-corrected chi connectivity index (χ0v) is 20.0. The van der Waals surface area contributed by atoms with Crippen molar-refractivity contribution in [3.05, 3.63) is 93.8 Å². The SMILES string of the molecule is CCOc1ccc(C2C(C#N)=C(N)Oc3cc(OC(=O)c4cccc(Cl)c4)ccc32)cc1OCC. The molecule has 1 aliphatic heterocycles. The molecule has 2 N–H and O–H groups in total. The van der Waals surface area contributed by atoms with Crippen molar-refractivity contribution in [3.8, 4) is 29.1 Å². The van der Waals surface area contributed by atoms with Crippen LogP contribution in [0.4, 0.5) is 0 Å². The van der Waals surface area contributed by atoms with Crippen molar-refractivity contribution in [1.29, 1.82) is 5.26 Å². The Hall–Kier alpha value is -4.15. The third-order valence-electron chi connectivity index (χ3n) is 5.36. The van der Waals surface area contributed by atoms with Gasteiger partial charge >= 0.3 is 5.97 Å². The van der Waals surface area contributed by atoms with E-state index in [9.17, 15) is 10.1 Å². The fourth-order valence-electron chi connectivity index (χ4n) is 3.87. The van der Waals surface area contributed by atoms with Crippen LogP contribution in [0.3, 0.4) is 0 Å². The molecule has 178 valence electrons. The van der Waals surface area contributed by atoms with E-state index in [-0.39, 0.29) is 17.2 Å². The van der Waals surface area contributed by atoms with Crippen LogP contribution < -0.4 is 24.7 Å². The van der Waals surface area contributed by atoms with Gasteiger partial charge in [-0.25, -0.2) is 4.79 Å². The van der Waals surface area contributed by atoms with Gasteiger partial charge in [0.25, 0.3) is 0 Å². The largest absolute Gasteiger partial charge is 0.490 e. The monoisotopic (exact) mass is 490 g/mol. The van der Waals surface area contributed by atoms with Crippen molar-refractivity contribution in [1.82, 2.24) is 0 Å². The molecule has 0 radical (unpaired) electrons. The summed E-state index contributed by atoms with van der Waals surface area (Å²) >= 11 is 5.97. The molecule has 0 saturated heterocycles. The first-order chi connectivity index (χ1) is 16.9. The molecular weight excluding hydrogens is 468 g/mol. The molecule has 0 spiro atoms. The number of hydrogen-bond acceptors (Lipinski definition) is 7. The first kappa shape index (κ1) is 24.0. The zero-order valence-electron chi connectivity index (χ0n) is 19.2. The van der Waals surface area contributed by atoms with E-state index in [1.807, 2.05) is 32.0 Å². The molecule has 35 heavy (non-hydrogen) atoms. The lowest BCUT2D eigenvalue weighted by Gasteiger charge is -2.27. The lowest BCUT2D eigenvalue weighted by atomic mass is 9.83. The van der Waals surface area contributed by atoms with Crippen molar-refractivity contribution in [3.63, 3.8) is 0 Å². The number of hydrogen-bond donors (Lipinski definition) is 1. The highest BCUT2D eigenvalue weighted by Crippen LogP contribution is 2.45. The first-order valence-corrected chi connectivity index (χ1v) is 11.4. The Labute approximate surface area is 208 Å². The van der Waals surface area contributed by atoms with E-state index >= 15 is 0 Å². The second kappa shape index (κ2) is 10.4. The minimum absolute atomic E-state index is 0.0184. The van der Waals surface area contributed by atoms with Gasteiger partial charge in [-0.15, -0.1) is 0 Å². The summed E-state index contributed by atoms with van der Waals surface area (Å²) in [5, 5.41) is 10.3. The van der Waals surface area contributed by atoms with Crippen LogP contribution in [0.15, 0.2) is 72.1 Å². The van der Waals surface area contributed by atoms with Crippen molar-refractivity contribution in [2.45, 2.75) is 19.8 Å². The van der Waals surface area contributed by atoms with E-state index < -0.39 is 11.9 Å². The van der Waals surface area contributed by atoms with Crippen LogP contribution in [-0.2, 0) is 0 Å². The number of fused-ring (bicyclic) bond motifs is 1. The number of carbonyl (C=O) groups excluding carboxylic acids is 1. The molecule has 8 heteroatoms. The molecule has 1 heterocycles. The van der Waals surface area contributed by atoms with E-state index in [4.69, 9.17) is 36.3 Å². The summed E-state index contributed by atoms with van der Waals surface area (Å²) in [7, 11) is 0. The highest BCUT2D eigenvalue weighted by molar-refractivity contribution is 6.30. The molecule has 0 saturated carbocycles. The van der Waals surface area contributed by atoms with Crippen LogP contribution in [-0.4, -0.2) is 19.2 Å². The molecule has 4 rings (SSSR count). The zero-order chi connectivity index (χ0) is 24.9. The Morgan fingerprint density at radius 1 is 1.06 bits per heavy atom. The van der Waals surface area contributed by atoms with Crippen molar-refractivity contribution in [2.24, 2.45) is 5.73 Å². The van der Waals surface area contributed by atoms with Gasteiger partial charge in [-0.05, 0) is 55.8 Å². The predicted molar refractivity (Wildman–Crippen MR) is 131 cm³/mol. The van der Waals surface area contributed by atoms with Gasteiger partial charge in [0.1, 0.15) is 23.1 Å². The highest BCUT2D eigenvalue weighted by atomic mass is 35.5. The average molecular weight is 491 g/mol. The lowest BCUT2D eigenvalue weighted by molar-refractivity contribution is 0.0734. The van der Waals surface area contributed by atoms with Crippen molar-refractivity contribution < 1.29 is 23.7 Å². The summed E-state index contributed by atoms with van der Waals surface area (Å²) in [6, 6.07) is 19.1. The van der Waals surface area contributed by atoms with Gasteiger partial charge in [-0.3, -0.25) is 0 Å². The minimum atomic E-state index is -0.561. The van der Waals surface area contributed by atoms with Crippen LogP contribution in [0.25, 0.3) is 0 Å². The van der Waals surface area contributed by atoms with Gasteiger partial charge in [-0.2, -0.15) is 5.26 Å². The van der Waals surface area contributed by atoms with E-state index in [1.54, 1.807) is 36.4 Å². The predicted octanol–water partition coefficient (Wildman–Crippen LogP) is 5.57. The Kier molecular flexibility index (Phi) is 7.14. The summed E-state index contributed by atoms with van der Waals surface area (Å²) in [5.41, 5.74) is 8.19. The maximum absolute atomic E-state index is 12.5. The van der Waals surface area contributed by atoms with Crippen molar-refractivity contribution >= 4 is 17.6 Å². The van der Waals surface area contributed by atoms with E-state index in [0.717, 1.165) is 5.56 Å². The average Bonchev–Trinajstić information content (AvgIpc) is 2.84. The molecule has 0 bridgehead atoms. The van der Waals surface area contributed by atoms with Gasteiger partial charge in [0.15, 0.2) is 11.5 Å². The third kappa shape index (κ3) is 5.03. The topological polar surface area (TPSA) is 104 Å². The highest BCUT2D eigenvalue weighted by Gasteiger charge is 2.32. The third-order valence-corrected chi connectivity index (χ3v) is 5.60. The number of benzene rings is 3. The molecule has 1 aliphatic rings. The number of nitrogens with two attached hydrogens (primary N) is 1. The molecular formula is C27H23ClN2O5. The van der Waals surface area contributed by atoms with Crippen LogP contribution in [0, 0.1) is 11.3 Å². The van der Waals surface area contributed by atoms with Gasteiger partial charge in [0.2, 0.25) is 5.88 Å². The van der Waals surface area contributed by atoms with E-state index in [1.165, 1.54) is 6.07 Å². The molecule has 3 aromatic rings. The van der Waals surface area contributed by atoms with Crippen LogP contribution >= 0.6 is 11.6 Å².